The van der Waals surface area contributed by atoms with Crippen molar-refractivity contribution in [2.24, 2.45) is 10.2 Å². The molecule has 1 aromatic carbocycles. The lowest BCUT2D eigenvalue weighted by Gasteiger charge is -2.21. The highest BCUT2D eigenvalue weighted by Gasteiger charge is 2.30. The number of amides is 2. The number of amidine groups is 1. The van der Waals surface area contributed by atoms with Gasteiger partial charge < -0.3 is 15.1 Å². The number of anilines is 1. The van der Waals surface area contributed by atoms with Gasteiger partial charge in [-0.25, -0.2) is 0 Å². The van der Waals surface area contributed by atoms with E-state index < -0.39 is 5.25 Å². The van der Waals surface area contributed by atoms with Crippen LogP contribution >= 0.6 is 27.7 Å². The third-order valence-corrected chi connectivity index (χ3v) is 4.75. The maximum Gasteiger partial charge on any atom is 0.238 e. The van der Waals surface area contributed by atoms with Crippen molar-refractivity contribution in [3.05, 3.63) is 52.9 Å². The SMILES string of the molecule is O=C1C[C@@H](C(=O)Nc2ccc(Br)cc2)SC(=NN=Cc2ccco2)N1. The number of hydrogen-bond donors (Lipinski definition) is 2. The molecule has 0 unspecified atom stereocenters. The standard InChI is InChI=1S/C16H13BrN4O3S/c17-10-3-5-11(6-4-10)19-15(23)13-8-14(22)20-16(25-13)21-18-9-12-2-1-7-24-12/h1-7,9,13H,8H2,(H,19,23)(H,20,21,22)/t13-/m0/s1. The zero-order valence-corrected chi connectivity index (χ0v) is 15.2. The molecule has 7 nitrogen and oxygen atoms in total. The van der Waals surface area contributed by atoms with Crippen LogP contribution < -0.4 is 10.6 Å². The number of carbonyl (C=O) groups is 2. The molecule has 2 N–H and O–H groups in total. The number of nitrogens with one attached hydrogen (secondary N) is 2. The van der Waals surface area contributed by atoms with Crippen molar-refractivity contribution < 1.29 is 14.0 Å². The van der Waals surface area contributed by atoms with Crippen LogP contribution in [0.4, 0.5) is 5.69 Å². The highest BCUT2D eigenvalue weighted by Crippen LogP contribution is 2.23. The summed E-state index contributed by atoms with van der Waals surface area (Å²) < 4.78 is 6.02. The molecule has 0 aliphatic carbocycles. The van der Waals surface area contributed by atoms with Crippen LogP contribution in [0.15, 0.2) is 61.8 Å². The number of furan rings is 1. The second-order valence-electron chi connectivity index (χ2n) is 5.02. The number of halogens is 1. The van der Waals surface area contributed by atoms with Crippen LogP contribution in [0.5, 0.6) is 0 Å². The molecule has 3 rings (SSSR count). The Hall–Kier alpha value is -2.39. The van der Waals surface area contributed by atoms with Gasteiger partial charge in [0.15, 0.2) is 5.17 Å². The van der Waals surface area contributed by atoms with E-state index in [1.807, 2.05) is 12.1 Å². The van der Waals surface area contributed by atoms with Gasteiger partial charge >= 0.3 is 0 Å². The molecule has 1 aromatic heterocycles. The monoisotopic (exact) mass is 420 g/mol. The van der Waals surface area contributed by atoms with Crippen LogP contribution in [0.2, 0.25) is 0 Å². The molecule has 2 heterocycles. The lowest BCUT2D eigenvalue weighted by atomic mass is 10.2. The average molecular weight is 421 g/mol. The van der Waals surface area contributed by atoms with Crippen molar-refractivity contribution in [3.8, 4) is 0 Å². The molecule has 1 aliphatic rings. The maximum atomic E-state index is 12.4. The molecule has 128 valence electrons. The Bertz CT molecular complexity index is 818. The summed E-state index contributed by atoms with van der Waals surface area (Å²) in [6.07, 6.45) is 3.02. The molecule has 0 bridgehead atoms. The van der Waals surface area contributed by atoms with E-state index in [0.29, 0.717) is 11.4 Å². The molecule has 1 aliphatic heterocycles. The fourth-order valence-electron chi connectivity index (χ4n) is 2.00. The molecule has 25 heavy (non-hydrogen) atoms. The molecule has 1 atom stereocenters. The van der Waals surface area contributed by atoms with Crippen molar-refractivity contribution >= 4 is 56.6 Å². The Kier molecular flexibility index (Phi) is 5.67. The zero-order chi connectivity index (χ0) is 17.6. The number of carbonyl (C=O) groups excluding carboxylic acids is 2. The summed E-state index contributed by atoms with van der Waals surface area (Å²) in [6, 6.07) is 10.7. The molecule has 0 saturated carbocycles. The van der Waals surface area contributed by atoms with Gasteiger partial charge in [0.1, 0.15) is 11.0 Å². The number of benzene rings is 1. The van der Waals surface area contributed by atoms with Crippen LogP contribution in [0.3, 0.4) is 0 Å². The summed E-state index contributed by atoms with van der Waals surface area (Å²) in [5.41, 5.74) is 0.661. The summed E-state index contributed by atoms with van der Waals surface area (Å²) >= 11 is 4.49. The second-order valence-corrected chi connectivity index (χ2v) is 7.13. The summed E-state index contributed by atoms with van der Waals surface area (Å²) in [5.74, 6) is 0.00700. The van der Waals surface area contributed by atoms with Crippen LogP contribution in [0.1, 0.15) is 12.2 Å². The molecule has 2 amide bonds. The molecule has 1 fully saturated rings. The first kappa shape index (κ1) is 17.4. The fourth-order valence-corrected chi connectivity index (χ4v) is 3.20. The average Bonchev–Trinajstić information content (AvgIpc) is 3.10. The molecule has 0 spiro atoms. The van der Waals surface area contributed by atoms with Crippen molar-refractivity contribution in [1.29, 1.82) is 0 Å². The quantitative estimate of drug-likeness (QED) is 0.586. The minimum Gasteiger partial charge on any atom is -0.463 e. The Morgan fingerprint density at radius 3 is 2.88 bits per heavy atom. The van der Waals surface area contributed by atoms with Gasteiger partial charge in [-0.1, -0.05) is 27.7 Å². The molecular formula is C16H13BrN4O3S. The van der Waals surface area contributed by atoms with Crippen LogP contribution in [0.25, 0.3) is 0 Å². The van der Waals surface area contributed by atoms with Crippen LogP contribution in [-0.2, 0) is 9.59 Å². The minimum atomic E-state index is -0.574. The van der Waals surface area contributed by atoms with E-state index in [-0.39, 0.29) is 23.4 Å². The molecule has 9 heteroatoms. The molecule has 0 radical (unpaired) electrons. The minimum absolute atomic E-state index is 0.0773. The summed E-state index contributed by atoms with van der Waals surface area (Å²) in [4.78, 5) is 24.2. The first-order chi connectivity index (χ1) is 12.1. The van der Waals surface area contributed by atoms with Gasteiger partial charge in [0, 0.05) is 16.6 Å². The summed E-state index contributed by atoms with van der Waals surface area (Å²) in [7, 11) is 0. The molecule has 2 aromatic rings. The van der Waals surface area contributed by atoms with Gasteiger partial charge in [-0.15, -0.1) is 5.10 Å². The maximum absolute atomic E-state index is 12.4. The lowest BCUT2D eigenvalue weighted by Crippen LogP contribution is -2.41. The van der Waals surface area contributed by atoms with Crippen molar-refractivity contribution in [2.75, 3.05) is 5.32 Å². The molecule has 1 saturated heterocycles. The smallest absolute Gasteiger partial charge is 0.238 e. The van der Waals surface area contributed by atoms with Gasteiger partial charge in [-0.3, -0.25) is 9.59 Å². The Labute approximate surface area is 156 Å². The second kappa shape index (κ2) is 8.13. The van der Waals surface area contributed by atoms with Crippen LogP contribution in [-0.4, -0.2) is 28.4 Å². The highest BCUT2D eigenvalue weighted by molar-refractivity contribution is 9.10. The highest BCUT2D eigenvalue weighted by atomic mass is 79.9. The zero-order valence-electron chi connectivity index (χ0n) is 12.8. The normalized spacial score (nSPS) is 19.2. The van der Waals surface area contributed by atoms with Gasteiger partial charge in [0.2, 0.25) is 11.8 Å². The van der Waals surface area contributed by atoms with E-state index in [2.05, 4.69) is 36.8 Å². The first-order valence-corrected chi connectivity index (χ1v) is 8.95. The third kappa shape index (κ3) is 5.04. The summed E-state index contributed by atoms with van der Waals surface area (Å²) in [6.45, 7) is 0. The van der Waals surface area contributed by atoms with E-state index in [9.17, 15) is 9.59 Å². The fraction of sp³-hybridized carbons (Fsp3) is 0.125. The van der Waals surface area contributed by atoms with Crippen molar-refractivity contribution in [1.82, 2.24) is 5.32 Å². The number of thioether (sulfide) groups is 1. The number of nitrogens with zero attached hydrogens (tertiary/aromatic N) is 2. The van der Waals surface area contributed by atoms with E-state index in [4.69, 9.17) is 4.42 Å². The third-order valence-electron chi connectivity index (χ3n) is 3.15. The van der Waals surface area contributed by atoms with E-state index >= 15 is 0 Å². The Balaban J connectivity index is 1.64. The number of rotatable bonds is 4. The van der Waals surface area contributed by atoms with Gasteiger partial charge in [0.05, 0.1) is 12.5 Å². The predicted octanol–water partition coefficient (Wildman–Crippen LogP) is 2.99. The Morgan fingerprint density at radius 1 is 1.36 bits per heavy atom. The van der Waals surface area contributed by atoms with E-state index in [1.165, 1.54) is 12.5 Å². The van der Waals surface area contributed by atoms with E-state index in [1.54, 1.807) is 24.3 Å². The predicted molar refractivity (Wildman–Crippen MR) is 101 cm³/mol. The molecular weight excluding hydrogens is 408 g/mol. The van der Waals surface area contributed by atoms with Gasteiger partial charge in [-0.05, 0) is 36.4 Å². The van der Waals surface area contributed by atoms with Crippen molar-refractivity contribution in [2.45, 2.75) is 11.7 Å². The summed E-state index contributed by atoms with van der Waals surface area (Å²) in [5, 5.41) is 12.9. The largest absolute Gasteiger partial charge is 0.463 e. The van der Waals surface area contributed by atoms with Crippen LogP contribution in [0, 0.1) is 0 Å². The number of hydrogen-bond acceptors (Lipinski definition) is 6. The first-order valence-electron chi connectivity index (χ1n) is 7.27. The van der Waals surface area contributed by atoms with Gasteiger partial charge in [-0.2, -0.15) is 5.10 Å². The van der Waals surface area contributed by atoms with E-state index in [0.717, 1.165) is 16.2 Å². The topological polar surface area (TPSA) is 96.1 Å². The lowest BCUT2D eigenvalue weighted by molar-refractivity contribution is -0.123. The van der Waals surface area contributed by atoms with Crippen molar-refractivity contribution in [3.63, 3.8) is 0 Å². The van der Waals surface area contributed by atoms with Gasteiger partial charge in [0.25, 0.3) is 0 Å². The Morgan fingerprint density at radius 2 is 2.16 bits per heavy atom.